The van der Waals surface area contributed by atoms with Gasteiger partial charge >= 0.3 is 6.09 Å². The topological polar surface area (TPSA) is 29.5 Å². The minimum Gasteiger partial charge on any atom is -0.444 e. The van der Waals surface area contributed by atoms with E-state index in [1.807, 2.05) is 26.8 Å². The Morgan fingerprint density at radius 3 is 2.43 bits per heavy atom. The van der Waals surface area contributed by atoms with E-state index in [-0.39, 0.29) is 17.8 Å². The van der Waals surface area contributed by atoms with Crippen LogP contribution in [0.2, 0.25) is 0 Å². The van der Waals surface area contributed by atoms with E-state index in [0.29, 0.717) is 13.1 Å². The summed E-state index contributed by atoms with van der Waals surface area (Å²) in [5.41, 5.74) is 0.521. The average molecular weight is 358 g/mol. The average Bonchev–Trinajstić information content (AvgIpc) is 2.35. The third-order valence-electron chi connectivity index (χ3n) is 3.50. The molecule has 0 atom stereocenters. The fourth-order valence-corrected chi connectivity index (χ4v) is 3.02. The van der Waals surface area contributed by atoms with Crippen molar-refractivity contribution in [3.63, 3.8) is 0 Å². The lowest BCUT2D eigenvalue weighted by atomic mass is 9.89. The van der Waals surface area contributed by atoms with Gasteiger partial charge in [-0.05, 0) is 63.3 Å². The van der Waals surface area contributed by atoms with Crippen LogP contribution in [0, 0.1) is 5.82 Å². The number of piperidine rings is 1. The van der Waals surface area contributed by atoms with Crippen molar-refractivity contribution >= 4 is 22.0 Å². The first-order valence-corrected chi connectivity index (χ1v) is 7.98. The van der Waals surface area contributed by atoms with E-state index in [9.17, 15) is 9.18 Å². The molecule has 1 heterocycles. The second-order valence-electron chi connectivity index (χ2n) is 6.44. The second-order valence-corrected chi connectivity index (χ2v) is 7.36. The lowest BCUT2D eigenvalue weighted by Crippen LogP contribution is -2.41. The summed E-state index contributed by atoms with van der Waals surface area (Å²) in [6, 6.07) is 4.99. The molecule has 0 aromatic heterocycles. The zero-order valence-electron chi connectivity index (χ0n) is 12.7. The van der Waals surface area contributed by atoms with Gasteiger partial charge in [0.25, 0.3) is 0 Å². The van der Waals surface area contributed by atoms with Crippen LogP contribution in [-0.4, -0.2) is 29.7 Å². The molecule has 3 nitrogen and oxygen atoms in total. The number of nitrogens with zero attached hydrogens (tertiary/aromatic N) is 1. The quantitative estimate of drug-likeness (QED) is 0.728. The Bertz CT molecular complexity index is 499. The molecule has 0 spiro atoms. The van der Waals surface area contributed by atoms with E-state index in [2.05, 4.69) is 15.9 Å². The molecule has 0 bridgehead atoms. The minimum atomic E-state index is -0.471. The van der Waals surface area contributed by atoms with Crippen molar-refractivity contribution in [2.75, 3.05) is 13.1 Å². The van der Waals surface area contributed by atoms with Crippen LogP contribution in [0.5, 0.6) is 0 Å². The van der Waals surface area contributed by atoms with Crippen LogP contribution in [0.25, 0.3) is 0 Å². The number of benzene rings is 1. The monoisotopic (exact) mass is 357 g/mol. The van der Waals surface area contributed by atoms with Crippen molar-refractivity contribution in [1.82, 2.24) is 4.90 Å². The Hall–Kier alpha value is -1.10. The van der Waals surface area contributed by atoms with E-state index in [0.717, 1.165) is 22.9 Å². The zero-order valence-corrected chi connectivity index (χ0v) is 14.2. The maximum atomic E-state index is 13.5. The fraction of sp³-hybridized carbons (Fsp3) is 0.562. The molecule has 2 rings (SSSR count). The van der Waals surface area contributed by atoms with Crippen molar-refractivity contribution in [3.05, 3.63) is 34.1 Å². The highest BCUT2D eigenvalue weighted by molar-refractivity contribution is 9.10. The summed E-state index contributed by atoms with van der Waals surface area (Å²) in [6.45, 7) is 6.88. The molecular formula is C16H21BrFNO2. The first-order valence-electron chi connectivity index (χ1n) is 7.18. The number of halogens is 2. The Balaban J connectivity index is 1.95. The molecule has 0 N–H and O–H groups in total. The Labute approximate surface area is 133 Å². The summed E-state index contributed by atoms with van der Waals surface area (Å²) in [5, 5.41) is 0. The van der Waals surface area contributed by atoms with Gasteiger partial charge in [0.15, 0.2) is 0 Å². The third-order valence-corrected chi connectivity index (χ3v) is 3.96. The molecule has 1 amide bonds. The van der Waals surface area contributed by atoms with Crippen LogP contribution in [0.4, 0.5) is 9.18 Å². The van der Waals surface area contributed by atoms with Crippen molar-refractivity contribution in [1.29, 1.82) is 0 Å². The van der Waals surface area contributed by atoms with E-state index in [4.69, 9.17) is 4.74 Å². The summed E-state index contributed by atoms with van der Waals surface area (Å²) in [6.07, 6.45) is 1.39. The van der Waals surface area contributed by atoms with Gasteiger partial charge in [0.1, 0.15) is 11.4 Å². The molecule has 5 heteroatoms. The molecule has 1 fully saturated rings. The van der Waals surface area contributed by atoms with Gasteiger partial charge in [-0.15, -0.1) is 0 Å². The molecule has 0 unspecified atom stereocenters. The Morgan fingerprint density at radius 1 is 1.29 bits per heavy atom. The van der Waals surface area contributed by atoms with Crippen LogP contribution in [0.15, 0.2) is 22.7 Å². The number of ether oxygens (including phenoxy) is 1. The molecule has 1 aromatic carbocycles. The number of likely N-dealkylation sites (tertiary alicyclic amines) is 1. The van der Waals surface area contributed by atoms with Gasteiger partial charge in [0, 0.05) is 17.6 Å². The number of rotatable bonds is 1. The predicted molar refractivity (Wildman–Crippen MR) is 83.9 cm³/mol. The highest BCUT2D eigenvalue weighted by atomic mass is 79.9. The first kappa shape index (κ1) is 16.3. The van der Waals surface area contributed by atoms with E-state index < -0.39 is 5.60 Å². The highest BCUT2D eigenvalue weighted by Crippen LogP contribution is 2.30. The van der Waals surface area contributed by atoms with E-state index in [1.54, 1.807) is 11.0 Å². The van der Waals surface area contributed by atoms with Crippen molar-refractivity contribution in [2.45, 2.75) is 45.1 Å². The van der Waals surface area contributed by atoms with Crippen LogP contribution in [0.3, 0.4) is 0 Å². The predicted octanol–water partition coefficient (Wildman–Crippen LogP) is 4.70. The van der Waals surface area contributed by atoms with Crippen LogP contribution < -0.4 is 0 Å². The number of hydrogen-bond donors (Lipinski definition) is 0. The number of carbonyl (C=O) groups excluding carboxylic acids is 1. The summed E-state index contributed by atoms with van der Waals surface area (Å²) in [4.78, 5) is 13.7. The Kier molecular flexibility index (Phi) is 4.91. The maximum Gasteiger partial charge on any atom is 0.410 e. The van der Waals surface area contributed by atoms with Crippen molar-refractivity contribution in [3.8, 4) is 0 Å². The summed E-state index contributed by atoms with van der Waals surface area (Å²) >= 11 is 3.32. The van der Waals surface area contributed by atoms with Gasteiger partial charge < -0.3 is 9.64 Å². The molecule has 1 aliphatic rings. The molecule has 116 valence electrons. The zero-order chi connectivity index (χ0) is 15.6. The maximum absolute atomic E-state index is 13.5. The molecule has 0 aliphatic carbocycles. The van der Waals surface area contributed by atoms with Gasteiger partial charge in [0.05, 0.1) is 0 Å². The number of hydrogen-bond acceptors (Lipinski definition) is 2. The molecule has 21 heavy (non-hydrogen) atoms. The molecule has 1 aromatic rings. The number of amides is 1. The molecule has 1 saturated heterocycles. The summed E-state index contributed by atoms with van der Waals surface area (Å²) in [7, 11) is 0. The Morgan fingerprint density at radius 2 is 1.90 bits per heavy atom. The molecular weight excluding hydrogens is 337 g/mol. The largest absolute Gasteiger partial charge is 0.444 e. The minimum absolute atomic E-state index is 0.228. The van der Waals surface area contributed by atoms with Crippen molar-refractivity contribution < 1.29 is 13.9 Å². The standard InChI is InChI=1S/C16H21BrFNO2/c1-16(2,3)21-15(20)19-6-4-11(5-7-19)12-8-13(17)10-14(18)9-12/h8-11H,4-7H2,1-3H3. The lowest BCUT2D eigenvalue weighted by molar-refractivity contribution is 0.0205. The number of carbonyl (C=O) groups is 1. The molecule has 0 radical (unpaired) electrons. The SMILES string of the molecule is CC(C)(C)OC(=O)N1CCC(c2cc(F)cc(Br)c2)CC1. The molecule has 1 aliphatic heterocycles. The van der Waals surface area contributed by atoms with Gasteiger partial charge in [-0.2, -0.15) is 0 Å². The second kappa shape index (κ2) is 6.34. The van der Waals surface area contributed by atoms with E-state index in [1.165, 1.54) is 6.07 Å². The van der Waals surface area contributed by atoms with Crippen LogP contribution in [-0.2, 0) is 4.74 Å². The summed E-state index contributed by atoms with van der Waals surface area (Å²) < 4.78 is 19.6. The van der Waals surface area contributed by atoms with Gasteiger partial charge in [-0.1, -0.05) is 15.9 Å². The van der Waals surface area contributed by atoms with E-state index >= 15 is 0 Å². The van der Waals surface area contributed by atoms with Crippen molar-refractivity contribution in [2.24, 2.45) is 0 Å². The lowest BCUT2D eigenvalue weighted by Gasteiger charge is -2.33. The third kappa shape index (κ3) is 4.70. The van der Waals surface area contributed by atoms with Gasteiger partial charge in [-0.3, -0.25) is 0 Å². The highest BCUT2D eigenvalue weighted by Gasteiger charge is 2.27. The molecule has 0 saturated carbocycles. The van der Waals surface area contributed by atoms with Gasteiger partial charge in [0.2, 0.25) is 0 Å². The summed E-state index contributed by atoms with van der Waals surface area (Å²) in [5.74, 6) is 0.0598. The van der Waals surface area contributed by atoms with Gasteiger partial charge in [-0.25, -0.2) is 9.18 Å². The van der Waals surface area contributed by atoms with Crippen LogP contribution >= 0.6 is 15.9 Å². The normalized spacial score (nSPS) is 16.9. The fourth-order valence-electron chi connectivity index (χ4n) is 2.53. The first-order chi connectivity index (χ1) is 9.74. The van der Waals surface area contributed by atoms with Crippen LogP contribution in [0.1, 0.15) is 45.1 Å². The smallest absolute Gasteiger partial charge is 0.410 e.